The number of benzene rings is 1. The largest absolute Gasteiger partial charge is 0.381 e. The van der Waals surface area contributed by atoms with E-state index in [0.717, 1.165) is 11.4 Å². The fourth-order valence-corrected chi connectivity index (χ4v) is 3.74. The van der Waals surface area contributed by atoms with Crippen molar-refractivity contribution >= 4 is 27.5 Å². The van der Waals surface area contributed by atoms with Crippen LogP contribution in [0.3, 0.4) is 0 Å². The third-order valence-electron chi connectivity index (χ3n) is 2.96. The van der Waals surface area contributed by atoms with Gasteiger partial charge in [-0.25, -0.2) is 13.1 Å². The van der Waals surface area contributed by atoms with Gasteiger partial charge in [-0.1, -0.05) is 0 Å². The van der Waals surface area contributed by atoms with E-state index < -0.39 is 10.0 Å². The summed E-state index contributed by atoms with van der Waals surface area (Å²) in [5, 5.41) is 3.44. The van der Waals surface area contributed by atoms with Gasteiger partial charge in [0, 0.05) is 17.5 Å². The molecule has 1 fully saturated rings. The van der Waals surface area contributed by atoms with E-state index in [1.54, 1.807) is 12.1 Å². The first-order valence-electron chi connectivity index (χ1n) is 6.00. The highest BCUT2D eigenvalue weighted by Gasteiger charge is 2.14. The molecule has 0 bridgehead atoms. The van der Waals surface area contributed by atoms with E-state index >= 15 is 0 Å². The molecule has 1 saturated heterocycles. The van der Waals surface area contributed by atoms with Gasteiger partial charge in [0.15, 0.2) is 0 Å². The molecule has 18 heavy (non-hydrogen) atoms. The maximum atomic E-state index is 11.6. The molecular formula is C12H18N2O2S2. The Kier molecular flexibility index (Phi) is 4.53. The average Bonchev–Trinajstić information content (AvgIpc) is 2.40. The topological polar surface area (TPSA) is 58.2 Å². The van der Waals surface area contributed by atoms with Crippen LogP contribution < -0.4 is 10.0 Å². The number of hydrogen-bond donors (Lipinski definition) is 2. The first kappa shape index (κ1) is 13.7. The summed E-state index contributed by atoms with van der Waals surface area (Å²) in [4.78, 5) is 0.300. The zero-order valence-electron chi connectivity index (χ0n) is 10.3. The minimum Gasteiger partial charge on any atom is -0.381 e. The summed E-state index contributed by atoms with van der Waals surface area (Å²) in [5.74, 6) is 2.37. The van der Waals surface area contributed by atoms with Crippen molar-refractivity contribution in [2.45, 2.75) is 23.8 Å². The quantitative estimate of drug-likeness (QED) is 0.887. The molecule has 100 valence electrons. The van der Waals surface area contributed by atoms with Crippen LogP contribution in [0.25, 0.3) is 0 Å². The van der Waals surface area contributed by atoms with Crippen LogP contribution in [-0.2, 0) is 10.0 Å². The van der Waals surface area contributed by atoms with E-state index in [9.17, 15) is 8.42 Å². The second-order valence-corrected chi connectivity index (χ2v) is 7.33. The summed E-state index contributed by atoms with van der Waals surface area (Å²) < 4.78 is 25.4. The molecule has 4 nitrogen and oxygen atoms in total. The molecule has 0 amide bonds. The van der Waals surface area contributed by atoms with Gasteiger partial charge in [-0.3, -0.25) is 0 Å². The predicted octanol–water partition coefficient (Wildman–Crippen LogP) is 1.90. The van der Waals surface area contributed by atoms with Crippen LogP contribution in [0.2, 0.25) is 0 Å². The lowest BCUT2D eigenvalue weighted by Crippen LogP contribution is -2.25. The highest BCUT2D eigenvalue weighted by Crippen LogP contribution is 2.21. The smallest absolute Gasteiger partial charge is 0.240 e. The summed E-state index contributed by atoms with van der Waals surface area (Å²) >= 11 is 1.96. The predicted molar refractivity (Wildman–Crippen MR) is 76.7 cm³/mol. The zero-order valence-corrected chi connectivity index (χ0v) is 12.0. The Morgan fingerprint density at radius 3 is 2.56 bits per heavy atom. The minimum atomic E-state index is -3.33. The van der Waals surface area contributed by atoms with Crippen LogP contribution in [-0.4, -0.2) is 33.0 Å². The summed E-state index contributed by atoms with van der Waals surface area (Å²) in [6.45, 7) is 0. The van der Waals surface area contributed by atoms with Crippen molar-refractivity contribution in [2.24, 2.45) is 0 Å². The molecule has 1 unspecified atom stereocenters. The maximum Gasteiger partial charge on any atom is 0.240 e. The molecule has 1 aliphatic heterocycles. The summed E-state index contributed by atoms with van der Waals surface area (Å²) in [5.41, 5.74) is 0.984. The van der Waals surface area contributed by atoms with Crippen LogP contribution in [0.4, 0.5) is 5.69 Å². The second kappa shape index (κ2) is 5.95. The van der Waals surface area contributed by atoms with Gasteiger partial charge in [0.25, 0.3) is 0 Å². The van der Waals surface area contributed by atoms with E-state index in [-0.39, 0.29) is 0 Å². The van der Waals surface area contributed by atoms with Crippen molar-refractivity contribution < 1.29 is 8.42 Å². The molecule has 0 saturated carbocycles. The molecule has 2 N–H and O–H groups in total. The van der Waals surface area contributed by atoms with Gasteiger partial charge in [-0.05, 0) is 49.9 Å². The van der Waals surface area contributed by atoms with Gasteiger partial charge in [-0.2, -0.15) is 11.8 Å². The number of rotatable bonds is 4. The first-order chi connectivity index (χ1) is 8.62. The van der Waals surface area contributed by atoms with E-state index in [2.05, 4.69) is 10.0 Å². The normalized spacial score (nSPS) is 20.6. The van der Waals surface area contributed by atoms with Crippen LogP contribution in [0, 0.1) is 0 Å². The van der Waals surface area contributed by atoms with Crippen LogP contribution in [0.15, 0.2) is 29.2 Å². The van der Waals surface area contributed by atoms with Crippen molar-refractivity contribution in [2.75, 3.05) is 23.9 Å². The molecule has 6 heteroatoms. The number of thioether (sulfide) groups is 1. The Balaban J connectivity index is 2.03. The third kappa shape index (κ3) is 3.40. The molecular weight excluding hydrogens is 268 g/mol. The summed E-state index contributed by atoms with van der Waals surface area (Å²) in [6.07, 6.45) is 2.43. The standard InChI is InChI=1S/C12H18N2O2S2/c1-13-18(15,16)12-6-4-10(5-7-12)14-11-3-2-8-17-9-11/h4-7,11,13-14H,2-3,8-9H2,1H3. The van der Waals surface area contributed by atoms with Gasteiger partial charge < -0.3 is 5.32 Å². The minimum absolute atomic E-state index is 0.300. The van der Waals surface area contributed by atoms with Crippen molar-refractivity contribution in [3.05, 3.63) is 24.3 Å². The molecule has 1 atom stereocenters. The molecule has 1 heterocycles. The maximum absolute atomic E-state index is 11.6. The number of nitrogens with one attached hydrogen (secondary N) is 2. The number of anilines is 1. The first-order valence-corrected chi connectivity index (χ1v) is 8.63. The monoisotopic (exact) mass is 286 g/mol. The fraction of sp³-hybridized carbons (Fsp3) is 0.500. The number of sulfonamides is 1. The second-order valence-electron chi connectivity index (χ2n) is 4.29. The Labute approximate surface area is 113 Å². The van der Waals surface area contributed by atoms with Crippen LogP contribution in [0.5, 0.6) is 0 Å². The highest BCUT2D eigenvalue weighted by atomic mass is 32.2. The molecule has 1 aromatic rings. The lowest BCUT2D eigenvalue weighted by atomic mass is 10.2. The Morgan fingerprint density at radius 2 is 2.00 bits per heavy atom. The van der Waals surface area contributed by atoms with E-state index in [4.69, 9.17) is 0 Å². The third-order valence-corrected chi connectivity index (χ3v) is 5.61. The fourth-order valence-electron chi connectivity index (χ4n) is 1.94. The van der Waals surface area contributed by atoms with E-state index in [1.807, 2.05) is 23.9 Å². The zero-order chi connectivity index (χ0) is 13.0. The van der Waals surface area contributed by atoms with E-state index in [0.29, 0.717) is 10.9 Å². The average molecular weight is 286 g/mol. The van der Waals surface area contributed by atoms with Crippen molar-refractivity contribution in [3.63, 3.8) is 0 Å². The Morgan fingerprint density at radius 1 is 1.28 bits per heavy atom. The van der Waals surface area contributed by atoms with E-state index in [1.165, 1.54) is 25.6 Å². The van der Waals surface area contributed by atoms with Gasteiger partial charge in [0.2, 0.25) is 10.0 Å². The van der Waals surface area contributed by atoms with Crippen molar-refractivity contribution in [1.82, 2.24) is 4.72 Å². The van der Waals surface area contributed by atoms with Gasteiger partial charge in [0.1, 0.15) is 0 Å². The Hall–Kier alpha value is -0.720. The molecule has 0 aliphatic carbocycles. The van der Waals surface area contributed by atoms with Gasteiger partial charge in [-0.15, -0.1) is 0 Å². The molecule has 1 aliphatic rings. The van der Waals surface area contributed by atoms with Crippen LogP contribution in [0.1, 0.15) is 12.8 Å². The highest BCUT2D eigenvalue weighted by molar-refractivity contribution is 7.99. The molecule has 0 radical (unpaired) electrons. The molecule has 0 spiro atoms. The molecule has 0 aromatic heterocycles. The van der Waals surface area contributed by atoms with Crippen molar-refractivity contribution in [1.29, 1.82) is 0 Å². The molecule has 2 rings (SSSR count). The summed E-state index contributed by atoms with van der Waals surface area (Å²) in [7, 11) is -1.91. The lowest BCUT2D eigenvalue weighted by molar-refractivity contribution is 0.588. The summed E-state index contributed by atoms with van der Waals surface area (Å²) in [6, 6.07) is 7.40. The lowest BCUT2D eigenvalue weighted by Gasteiger charge is -2.23. The van der Waals surface area contributed by atoms with Gasteiger partial charge in [0.05, 0.1) is 4.90 Å². The number of hydrogen-bond acceptors (Lipinski definition) is 4. The van der Waals surface area contributed by atoms with Gasteiger partial charge >= 0.3 is 0 Å². The van der Waals surface area contributed by atoms with Crippen LogP contribution >= 0.6 is 11.8 Å². The molecule has 1 aromatic carbocycles. The SMILES string of the molecule is CNS(=O)(=O)c1ccc(NC2CCCSC2)cc1. The Bertz CT molecular complexity index is 479. The van der Waals surface area contributed by atoms with Crippen molar-refractivity contribution in [3.8, 4) is 0 Å².